The molecule has 2 heterocycles. The van der Waals surface area contributed by atoms with Gasteiger partial charge in [-0.25, -0.2) is 14.8 Å². The fraction of sp³-hybridized carbons (Fsp3) is 0.227. The average molecular weight is 435 g/mol. The molecule has 0 aliphatic carbocycles. The molecule has 0 saturated carbocycles. The molecule has 5 N–H and O–H groups in total. The van der Waals surface area contributed by atoms with Crippen LogP contribution in [0.5, 0.6) is 0 Å². The molecule has 1 unspecified atom stereocenters. The lowest BCUT2D eigenvalue weighted by Crippen LogP contribution is -2.28. The standard InChI is InChI=1S/C22H26N8O2/c1-14-4-6-17(7-5-14)25-10-8-19(24)32-12-15(2)28-21-20(16(3)26-13-27-21)30-11-9-18(23)29-22(30)31/h4-11,13,15,24-25H,12H2,1-3H3,(H2,23,29,31)(H,26,27,28)/b10-8-,24-19?. The van der Waals surface area contributed by atoms with Gasteiger partial charge < -0.3 is 21.1 Å². The number of hydrogen-bond acceptors (Lipinski definition) is 9. The highest BCUT2D eigenvalue weighted by Crippen LogP contribution is 2.19. The lowest BCUT2D eigenvalue weighted by molar-refractivity contribution is 0.291. The molecular formula is C22H26N8O2. The molecule has 32 heavy (non-hydrogen) atoms. The highest BCUT2D eigenvalue weighted by atomic mass is 16.5. The van der Waals surface area contributed by atoms with Crippen molar-refractivity contribution in [3.05, 3.63) is 76.9 Å². The van der Waals surface area contributed by atoms with Crippen LogP contribution < -0.4 is 22.1 Å². The molecule has 0 amide bonds. The van der Waals surface area contributed by atoms with Crippen molar-refractivity contribution < 1.29 is 4.74 Å². The second kappa shape index (κ2) is 10.2. The number of rotatable bonds is 8. The van der Waals surface area contributed by atoms with Gasteiger partial charge >= 0.3 is 5.69 Å². The van der Waals surface area contributed by atoms with Crippen LogP contribution in [0.3, 0.4) is 0 Å². The van der Waals surface area contributed by atoms with Crippen molar-refractivity contribution in [2.45, 2.75) is 26.8 Å². The molecule has 1 atom stereocenters. The number of hydrogen-bond donors (Lipinski definition) is 4. The first-order valence-corrected chi connectivity index (χ1v) is 9.98. The summed E-state index contributed by atoms with van der Waals surface area (Å²) in [6.45, 7) is 5.89. The minimum absolute atomic E-state index is 0.0105. The molecule has 2 aromatic heterocycles. The Balaban J connectivity index is 1.60. The molecule has 0 spiro atoms. The number of ether oxygens (including phenoxy) is 1. The predicted octanol–water partition coefficient (Wildman–Crippen LogP) is 2.64. The molecule has 0 fully saturated rings. The van der Waals surface area contributed by atoms with Crippen LogP contribution in [0.2, 0.25) is 0 Å². The first-order valence-electron chi connectivity index (χ1n) is 9.98. The van der Waals surface area contributed by atoms with Crippen molar-refractivity contribution in [1.82, 2.24) is 19.5 Å². The molecule has 0 aliphatic heterocycles. The maximum absolute atomic E-state index is 12.3. The summed E-state index contributed by atoms with van der Waals surface area (Å²) in [5.41, 5.74) is 8.24. The molecule has 3 aromatic rings. The lowest BCUT2D eigenvalue weighted by atomic mass is 10.2. The second-order valence-corrected chi connectivity index (χ2v) is 7.23. The number of nitrogens with two attached hydrogens (primary N) is 1. The molecular weight excluding hydrogens is 408 g/mol. The molecule has 0 saturated heterocycles. The number of benzene rings is 1. The molecule has 1 aromatic carbocycles. The Hall–Kier alpha value is -4.21. The summed E-state index contributed by atoms with van der Waals surface area (Å²) < 4.78 is 6.84. The largest absolute Gasteiger partial charge is 0.476 e. The number of nitrogen functional groups attached to an aromatic ring is 1. The van der Waals surface area contributed by atoms with Crippen molar-refractivity contribution in [1.29, 1.82) is 5.41 Å². The van der Waals surface area contributed by atoms with E-state index in [0.717, 1.165) is 5.69 Å². The third-order valence-electron chi connectivity index (χ3n) is 4.48. The van der Waals surface area contributed by atoms with Gasteiger partial charge in [0.25, 0.3) is 0 Å². The van der Waals surface area contributed by atoms with Crippen molar-refractivity contribution in [3.8, 4) is 5.69 Å². The quantitative estimate of drug-likeness (QED) is 0.313. The lowest BCUT2D eigenvalue weighted by Gasteiger charge is -2.18. The fourth-order valence-corrected chi connectivity index (χ4v) is 2.85. The van der Waals surface area contributed by atoms with Crippen LogP contribution in [0.25, 0.3) is 5.69 Å². The van der Waals surface area contributed by atoms with Gasteiger partial charge in [-0.05, 0) is 39.0 Å². The predicted molar refractivity (Wildman–Crippen MR) is 125 cm³/mol. The monoisotopic (exact) mass is 434 g/mol. The first kappa shape index (κ1) is 22.5. The van der Waals surface area contributed by atoms with Crippen LogP contribution in [0, 0.1) is 19.3 Å². The van der Waals surface area contributed by atoms with Crippen molar-refractivity contribution >= 4 is 23.2 Å². The van der Waals surface area contributed by atoms with Crippen LogP contribution in [0.4, 0.5) is 17.3 Å². The number of aryl methyl sites for hydroxylation is 2. The average Bonchev–Trinajstić information content (AvgIpc) is 2.75. The summed E-state index contributed by atoms with van der Waals surface area (Å²) in [4.78, 5) is 24.5. The van der Waals surface area contributed by atoms with Crippen LogP contribution in [0.1, 0.15) is 18.2 Å². The summed E-state index contributed by atoms with van der Waals surface area (Å²) in [7, 11) is 0. The van der Waals surface area contributed by atoms with E-state index in [9.17, 15) is 4.79 Å². The van der Waals surface area contributed by atoms with Gasteiger partial charge in [-0.1, -0.05) is 17.7 Å². The van der Waals surface area contributed by atoms with Crippen LogP contribution >= 0.6 is 0 Å². The smallest absolute Gasteiger partial charge is 0.354 e. The van der Waals surface area contributed by atoms with Crippen molar-refractivity contribution in [2.75, 3.05) is 23.0 Å². The number of nitrogens with one attached hydrogen (secondary N) is 3. The highest BCUT2D eigenvalue weighted by Gasteiger charge is 2.15. The van der Waals surface area contributed by atoms with E-state index in [-0.39, 0.29) is 24.4 Å². The highest BCUT2D eigenvalue weighted by molar-refractivity contribution is 5.85. The zero-order valence-corrected chi connectivity index (χ0v) is 18.2. The summed E-state index contributed by atoms with van der Waals surface area (Å²) in [5.74, 6) is 0.599. The summed E-state index contributed by atoms with van der Waals surface area (Å²) in [6.07, 6.45) is 6.13. The van der Waals surface area contributed by atoms with E-state index < -0.39 is 5.69 Å². The van der Waals surface area contributed by atoms with Crippen LogP contribution in [0.15, 0.2) is 59.9 Å². The molecule has 10 heteroatoms. The number of anilines is 3. The van der Waals surface area contributed by atoms with Gasteiger partial charge in [-0.3, -0.25) is 9.98 Å². The van der Waals surface area contributed by atoms with Crippen LogP contribution in [-0.2, 0) is 4.74 Å². The maximum atomic E-state index is 12.3. The minimum atomic E-state index is -0.525. The van der Waals surface area contributed by atoms with Crippen molar-refractivity contribution in [3.63, 3.8) is 0 Å². The Bertz CT molecular complexity index is 1170. The zero-order chi connectivity index (χ0) is 23.1. The molecule has 0 bridgehead atoms. The minimum Gasteiger partial charge on any atom is -0.476 e. The van der Waals surface area contributed by atoms with Gasteiger partial charge in [0.1, 0.15) is 24.4 Å². The first-order chi connectivity index (χ1) is 15.3. The van der Waals surface area contributed by atoms with E-state index in [1.165, 1.54) is 34.8 Å². The maximum Gasteiger partial charge on any atom is 0.354 e. The van der Waals surface area contributed by atoms with E-state index in [4.69, 9.17) is 15.9 Å². The number of aromatic nitrogens is 4. The molecule has 166 valence electrons. The Morgan fingerprint density at radius 2 is 2.00 bits per heavy atom. The fourth-order valence-electron chi connectivity index (χ4n) is 2.85. The van der Waals surface area contributed by atoms with Gasteiger partial charge in [-0.15, -0.1) is 0 Å². The summed E-state index contributed by atoms with van der Waals surface area (Å²) >= 11 is 0. The van der Waals surface area contributed by atoms with E-state index in [1.807, 2.05) is 38.1 Å². The Kier molecular flexibility index (Phi) is 7.17. The van der Waals surface area contributed by atoms with E-state index in [2.05, 4.69) is 25.6 Å². The zero-order valence-electron chi connectivity index (χ0n) is 18.2. The second-order valence-electron chi connectivity index (χ2n) is 7.23. The molecule has 10 nitrogen and oxygen atoms in total. The van der Waals surface area contributed by atoms with Gasteiger partial charge in [0.05, 0.1) is 11.7 Å². The van der Waals surface area contributed by atoms with E-state index in [1.54, 1.807) is 13.1 Å². The van der Waals surface area contributed by atoms with Gasteiger partial charge in [-0.2, -0.15) is 4.98 Å². The SMILES string of the molecule is Cc1ccc(N/C=C\C(=N)OCC(C)Nc2ncnc(C)c2-n2ccc(N)nc2=O)cc1. The normalized spacial score (nSPS) is 11.8. The van der Waals surface area contributed by atoms with Crippen LogP contribution in [-0.4, -0.2) is 38.1 Å². The molecule has 0 aliphatic rings. The summed E-state index contributed by atoms with van der Waals surface area (Å²) in [5, 5.41) is 14.2. The van der Waals surface area contributed by atoms with E-state index >= 15 is 0 Å². The van der Waals surface area contributed by atoms with Gasteiger partial charge in [0.15, 0.2) is 5.82 Å². The van der Waals surface area contributed by atoms with Gasteiger partial charge in [0.2, 0.25) is 5.90 Å². The molecule has 3 rings (SSSR count). The topological polar surface area (TPSA) is 144 Å². The Morgan fingerprint density at radius 1 is 1.25 bits per heavy atom. The third-order valence-corrected chi connectivity index (χ3v) is 4.48. The number of nitrogens with zero attached hydrogens (tertiary/aromatic N) is 4. The third kappa shape index (κ3) is 5.91. The van der Waals surface area contributed by atoms with E-state index in [0.29, 0.717) is 17.2 Å². The summed E-state index contributed by atoms with van der Waals surface area (Å²) in [6, 6.07) is 9.24. The Morgan fingerprint density at radius 3 is 2.72 bits per heavy atom. The van der Waals surface area contributed by atoms with Crippen molar-refractivity contribution in [2.24, 2.45) is 0 Å². The van der Waals surface area contributed by atoms with Gasteiger partial charge in [0, 0.05) is 24.2 Å². The molecule has 0 radical (unpaired) electrons. The Labute approximate surface area is 185 Å².